The summed E-state index contributed by atoms with van der Waals surface area (Å²) in [6, 6.07) is 15.4. The number of hydrogen-bond donors (Lipinski definition) is 1. The average molecular weight is 395 g/mol. The number of ether oxygens (including phenoxy) is 1. The van der Waals surface area contributed by atoms with Crippen molar-refractivity contribution in [3.63, 3.8) is 0 Å². The minimum atomic E-state index is -0.354. The summed E-state index contributed by atoms with van der Waals surface area (Å²) in [5.74, 6) is 0.796. The summed E-state index contributed by atoms with van der Waals surface area (Å²) in [6.07, 6.45) is 2.26. The highest BCUT2D eigenvalue weighted by molar-refractivity contribution is 6.03. The molecule has 29 heavy (non-hydrogen) atoms. The second-order valence-corrected chi connectivity index (χ2v) is 7.67. The monoisotopic (exact) mass is 394 g/mol. The van der Waals surface area contributed by atoms with Crippen LogP contribution in [-0.4, -0.2) is 25.0 Å². The van der Waals surface area contributed by atoms with Crippen LogP contribution in [0.3, 0.4) is 0 Å². The Balaban J connectivity index is 1.60. The van der Waals surface area contributed by atoms with Gasteiger partial charge >= 0.3 is 0 Å². The van der Waals surface area contributed by atoms with E-state index in [1.54, 1.807) is 4.90 Å². The van der Waals surface area contributed by atoms with Gasteiger partial charge in [0.15, 0.2) is 0 Å². The predicted octanol–water partition coefficient (Wildman–Crippen LogP) is 4.98. The minimum absolute atomic E-state index is 0.0282. The number of carbonyl (C=O) groups excluding carboxylic acids is 2. The molecule has 2 amide bonds. The molecule has 1 aliphatic heterocycles. The Labute approximate surface area is 173 Å². The molecule has 1 saturated heterocycles. The zero-order valence-corrected chi connectivity index (χ0v) is 17.5. The highest BCUT2D eigenvalue weighted by Crippen LogP contribution is 2.28. The van der Waals surface area contributed by atoms with Crippen molar-refractivity contribution in [1.29, 1.82) is 0 Å². The predicted molar refractivity (Wildman–Crippen MR) is 116 cm³/mol. The molecule has 1 fully saturated rings. The highest BCUT2D eigenvalue weighted by atomic mass is 16.5. The van der Waals surface area contributed by atoms with Crippen molar-refractivity contribution in [2.75, 3.05) is 23.4 Å². The summed E-state index contributed by atoms with van der Waals surface area (Å²) in [7, 11) is 0. The van der Waals surface area contributed by atoms with Crippen LogP contribution in [0.15, 0.2) is 48.5 Å². The fourth-order valence-electron chi connectivity index (χ4n) is 3.45. The quantitative estimate of drug-likeness (QED) is 0.687. The van der Waals surface area contributed by atoms with Crippen LogP contribution in [0.1, 0.15) is 51.5 Å². The maximum atomic E-state index is 12.7. The second-order valence-electron chi connectivity index (χ2n) is 7.67. The maximum absolute atomic E-state index is 12.7. The van der Waals surface area contributed by atoms with Crippen molar-refractivity contribution >= 4 is 23.2 Å². The second kappa shape index (κ2) is 9.59. The summed E-state index contributed by atoms with van der Waals surface area (Å²) in [5, 5.41) is 2.96. The number of nitrogens with zero attached hydrogens (tertiary/aromatic N) is 1. The third-order valence-corrected chi connectivity index (χ3v) is 5.48. The minimum Gasteiger partial charge on any atom is -0.494 e. The van der Waals surface area contributed by atoms with E-state index in [4.69, 9.17) is 4.74 Å². The van der Waals surface area contributed by atoms with Crippen LogP contribution in [0.5, 0.6) is 5.75 Å². The summed E-state index contributed by atoms with van der Waals surface area (Å²) in [4.78, 5) is 26.8. The summed E-state index contributed by atoms with van der Waals surface area (Å²) >= 11 is 0. The van der Waals surface area contributed by atoms with Gasteiger partial charge in [-0.15, -0.1) is 0 Å². The molecule has 2 atom stereocenters. The molecule has 0 spiro atoms. The zero-order chi connectivity index (χ0) is 20.8. The van der Waals surface area contributed by atoms with Gasteiger partial charge in [0.25, 0.3) is 0 Å². The Bertz CT molecular complexity index is 830. The smallest absolute Gasteiger partial charge is 0.229 e. The molecule has 0 saturated carbocycles. The lowest BCUT2D eigenvalue weighted by Crippen LogP contribution is -2.28. The van der Waals surface area contributed by atoms with Gasteiger partial charge in [0.2, 0.25) is 11.8 Å². The molecular formula is C24H30N2O3. The fraction of sp³-hybridized carbons (Fsp3) is 0.417. The standard InChI is InChI=1S/C24H30N2O3/c1-4-14-29-22-12-10-21(11-13-22)26-16-19(15-23(26)27)24(28)25-20-8-6-18(7-9-20)17(3)5-2/h6-13,17,19H,4-5,14-16H2,1-3H3,(H,25,28)/t17-,19+/m0/s1. The Morgan fingerprint density at radius 1 is 1.14 bits per heavy atom. The van der Waals surface area contributed by atoms with Crippen molar-refractivity contribution in [3.05, 3.63) is 54.1 Å². The molecule has 1 N–H and O–H groups in total. The van der Waals surface area contributed by atoms with Crippen LogP contribution < -0.4 is 15.0 Å². The average Bonchev–Trinajstić information content (AvgIpc) is 3.14. The number of carbonyl (C=O) groups is 2. The van der Waals surface area contributed by atoms with E-state index in [1.807, 2.05) is 36.4 Å². The third kappa shape index (κ3) is 5.17. The largest absolute Gasteiger partial charge is 0.494 e. The molecular weight excluding hydrogens is 364 g/mol. The SMILES string of the molecule is CCCOc1ccc(N2C[C@H](C(=O)Nc3ccc([C@@H](C)CC)cc3)CC2=O)cc1. The molecule has 3 rings (SSSR count). The van der Waals surface area contributed by atoms with Gasteiger partial charge in [-0.2, -0.15) is 0 Å². The van der Waals surface area contributed by atoms with E-state index in [-0.39, 0.29) is 24.2 Å². The van der Waals surface area contributed by atoms with Crippen molar-refractivity contribution in [2.45, 2.75) is 46.0 Å². The van der Waals surface area contributed by atoms with Crippen LogP contribution in [0.2, 0.25) is 0 Å². The zero-order valence-electron chi connectivity index (χ0n) is 17.5. The van der Waals surface area contributed by atoms with E-state index in [9.17, 15) is 9.59 Å². The Hall–Kier alpha value is -2.82. The van der Waals surface area contributed by atoms with Gasteiger partial charge in [-0.3, -0.25) is 9.59 Å². The molecule has 0 aliphatic carbocycles. The Morgan fingerprint density at radius 3 is 2.45 bits per heavy atom. The summed E-state index contributed by atoms with van der Waals surface area (Å²) in [6.45, 7) is 7.47. The first-order valence-electron chi connectivity index (χ1n) is 10.5. The Kier molecular flexibility index (Phi) is 6.91. The maximum Gasteiger partial charge on any atom is 0.229 e. The van der Waals surface area contributed by atoms with E-state index < -0.39 is 0 Å². The summed E-state index contributed by atoms with van der Waals surface area (Å²) in [5.41, 5.74) is 2.83. The highest BCUT2D eigenvalue weighted by Gasteiger charge is 2.35. The van der Waals surface area contributed by atoms with Crippen LogP contribution in [0, 0.1) is 5.92 Å². The molecule has 5 heteroatoms. The van der Waals surface area contributed by atoms with Gasteiger partial charge in [0.05, 0.1) is 12.5 Å². The van der Waals surface area contributed by atoms with E-state index in [2.05, 4.69) is 38.2 Å². The van der Waals surface area contributed by atoms with Gasteiger partial charge < -0.3 is 15.0 Å². The van der Waals surface area contributed by atoms with Crippen molar-refractivity contribution in [1.82, 2.24) is 0 Å². The van der Waals surface area contributed by atoms with E-state index in [1.165, 1.54) is 5.56 Å². The van der Waals surface area contributed by atoms with Crippen LogP contribution in [0.4, 0.5) is 11.4 Å². The van der Waals surface area contributed by atoms with E-state index in [0.29, 0.717) is 19.1 Å². The first-order chi connectivity index (χ1) is 14.0. The molecule has 0 radical (unpaired) electrons. The molecule has 0 bridgehead atoms. The van der Waals surface area contributed by atoms with Gasteiger partial charge in [0, 0.05) is 24.3 Å². The van der Waals surface area contributed by atoms with E-state index >= 15 is 0 Å². The molecule has 0 aromatic heterocycles. The first kappa shape index (κ1) is 20.9. The fourth-order valence-corrected chi connectivity index (χ4v) is 3.45. The number of anilines is 2. The van der Waals surface area contributed by atoms with Crippen LogP contribution >= 0.6 is 0 Å². The van der Waals surface area contributed by atoms with Gasteiger partial charge in [-0.05, 0) is 60.7 Å². The van der Waals surface area contributed by atoms with E-state index in [0.717, 1.165) is 30.0 Å². The van der Waals surface area contributed by atoms with Gasteiger partial charge in [-0.1, -0.05) is 32.9 Å². The van der Waals surface area contributed by atoms with Crippen molar-refractivity contribution < 1.29 is 14.3 Å². The van der Waals surface area contributed by atoms with Crippen molar-refractivity contribution in [2.24, 2.45) is 5.92 Å². The molecule has 1 aliphatic rings. The molecule has 2 aromatic rings. The van der Waals surface area contributed by atoms with Crippen LogP contribution in [-0.2, 0) is 9.59 Å². The van der Waals surface area contributed by atoms with Gasteiger partial charge in [-0.25, -0.2) is 0 Å². The molecule has 154 valence electrons. The van der Waals surface area contributed by atoms with Gasteiger partial charge in [0.1, 0.15) is 5.75 Å². The lowest BCUT2D eigenvalue weighted by atomic mass is 9.98. The lowest BCUT2D eigenvalue weighted by Gasteiger charge is -2.17. The van der Waals surface area contributed by atoms with Crippen molar-refractivity contribution in [3.8, 4) is 5.75 Å². The topological polar surface area (TPSA) is 58.6 Å². The lowest BCUT2D eigenvalue weighted by molar-refractivity contribution is -0.122. The normalized spacial score (nSPS) is 17.3. The molecule has 1 heterocycles. The number of rotatable bonds is 8. The number of amides is 2. The summed E-state index contributed by atoms with van der Waals surface area (Å²) < 4.78 is 5.59. The molecule has 5 nitrogen and oxygen atoms in total. The Morgan fingerprint density at radius 2 is 1.83 bits per heavy atom. The molecule has 0 unspecified atom stereocenters. The number of nitrogens with one attached hydrogen (secondary N) is 1. The number of hydrogen-bond acceptors (Lipinski definition) is 3. The molecule has 2 aromatic carbocycles. The number of benzene rings is 2. The third-order valence-electron chi connectivity index (χ3n) is 5.48. The first-order valence-corrected chi connectivity index (χ1v) is 10.5. The van der Waals surface area contributed by atoms with Crippen LogP contribution in [0.25, 0.3) is 0 Å².